The average molecular weight is 546 g/mol. The molecule has 3 aromatic carbocycles. The molecule has 0 radical (unpaired) electrons. The summed E-state index contributed by atoms with van der Waals surface area (Å²) in [7, 11) is 1.62. The number of hydrogen-bond acceptors (Lipinski definition) is 7. The number of carbonyl (C=O) groups excluding carboxylic acids is 3. The van der Waals surface area contributed by atoms with Gasteiger partial charge >= 0.3 is 5.97 Å². The van der Waals surface area contributed by atoms with Gasteiger partial charge < -0.3 is 14.8 Å². The average Bonchev–Trinajstić information content (AvgIpc) is 2.93. The molecule has 0 aromatic heterocycles. The van der Waals surface area contributed by atoms with Crippen LogP contribution in [0, 0.1) is 6.92 Å². The summed E-state index contributed by atoms with van der Waals surface area (Å²) in [6.07, 6.45) is 0.670. The lowest BCUT2D eigenvalue weighted by atomic mass is 10.1. The Labute approximate surface area is 232 Å². The fourth-order valence-electron chi connectivity index (χ4n) is 4.04. The first-order valence-corrected chi connectivity index (χ1v) is 13.6. The summed E-state index contributed by atoms with van der Waals surface area (Å²) < 4.78 is 10.3. The van der Waals surface area contributed by atoms with Crippen molar-refractivity contribution >= 4 is 46.1 Å². The number of thioether (sulfide) groups is 1. The Morgan fingerprint density at radius 2 is 1.82 bits per heavy atom. The molecule has 0 bridgehead atoms. The smallest absolute Gasteiger partial charge is 0.338 e. The lowest BCUT2D eigenvalue weighted by Crippen LogP contribution is -2.46. The van der Waals surface area contributed by atoms with Crippen molar-refractivity contribution in [2.24, 2.45) is 4.99 Å². The van der Waals surface area contributed by atoms with Gasteiger partial charge in [0.05, 0.1) is 25.0 Å². The second-order valence-electron chi connectivity index (χ2n) is 8.97. The number of ether oxygens (including phenoxy) is 2. The van der Waals surface area contributed by atoms with Crippen molar-refractivity contribution in [2.45, 2.75) is 31.9 Å². The van der Waals surface area contributed by atoms with E-state index < -0.39 is 11.2 Å². The SMILES string of the molecule is CCOC(=O)c1ccc(N=C2S[C@@H](C(=O)Nc3cccc(C)c3)CC(=O)N2CCc2ccc(OC)cc2)cc1. The van der Waals surface area contributed by atoms with Gasteiger partial charge in [0, 0.05) is 18.7 Å². The van der Waals surface area contributed by atoms with Crippen LogP contribution in [0.2, 0.25) is 0 Å². The third-order valence-electron chi connectivity index (χ3n) is 6.10. The van der Waals surface area contributed by atoms with Crippen molar-refractivity contribution in [3.8, 4) is 5.75 Å². The second kappa shape index (κ2) is 13.1. The van der Waals surface area contributed by atoms with E-state index in [1.165, 1.54) is 11.8 Å². The van der Waals surface area contributed by atoms with Gasteiger partial charge in [-0.2, -0.15) is 0 Å². The highest BCUT2D eigenvalue weighted by Crippen LogP contribution is 2.30. The van der Waals surface area contributed by atoms with Crippen LogP contribution in [0.15, 0.2) is 77.8 Å². The number of rotatable bonds is 9. The monoisotopic (exact) mass is 545 g/mol. The Morgan fingerprint density at radius 1 is 1.08 bits per heavy atom. The molecule has 1 N–H and O–H groups in total. The maximum Gasteiger partial charge on any atom is 0.338 e. The van der Waals surface area contributed by atoms with Gasteiger partial charge in [0.1, 0.15) is 11.0 Å². The van der Waals surface area contributed by atoms with Crippen LogP contribution >= 0.6 is 11.8 Å². The molecule has 39 heavy (non-hydrogen) atoms. The van der Waals surface area contributed by atoms with E-state index in [4.69, 9.17) is 14.5 Å². The normalized spacial score (nSPS) is 16.2. The molecule has 2 amide bonds. The van der Waals surface area contributed by atoms with Crippen LogP contribution in [-0.2, 0) is 20.7 Å². The Kier molecular flexibility index (Phi) is 9.38. The van der Waals surface area contributed by atoms with Crippen molar-refractivity contribution < 1.29 is 23.9 Å². The van der Waals surface area contributed by atoms with Crippen LogP contribution in [0.5, 0.6) is 5.75 Å². The van der Waals surface area contributed by atoms with E-state index in [9.17, 15) is 14.4 Å². The van der Waals surface area contributed by atoms with Crippen molar-refractivity contribution in [3.63, 3.8) is 0 Å². The predicted molar refractivity (Wildman–Crippen MR) is 154 cm³/mol. The Bertz CT molecular complexity index is 1360. The van der Waals surface area contributed by atoms with Crippen molar-refractivity contribution in [1.29, 1.82) is 0 Å². The number of aryl methyl sites for hydroxylation is 1. The van der Waals surface area contributed by atoms with E-state index in [-0.39, 0.29) is 24.8 Å². The van der Waals surface area contributed by atoms with Gasteiger partial charge in [0.25, 0.3) is 0 Å². The quantitative estimate of drug-likeness (QED) is 0.363. The highest BCUT2D eigenvalue weighted by atomic mass is 32.2. The molecular weight excluding hydrogens is 514 g/mol. The van der Waals surface area contributed by atoms with Crippen LogP contribution < -0.4 is 10.1 Å². The lowest BCUT2D eigenvalue weighted by molar-refractivity contribution is -0.129. The number of anilines is 1. The van der Waals surface area contributed by atoms with Gasteiger partial charge in [0.2, 0.25) is 11.8 Å². The molecule has 0 saturated carbocycles. The molecule has 1 atom stereocenters. The zero-order valence-corrected chi connectivity index (χ0v) is 23.0. The van der Waals surface area contributed by atoms with Crippen molar-refractivity contribution in [2.75, 3.05) is 25.6 Å². The summed E-state index contributed by atoms with van der Waals surface area (Å²) in [5.74, 6) is -0.0695. The summed E-state index contributed by atoms with van der Waals surface area (Å²) in [6, 6.07) is 21.9. The number of amides is 2. The fourth-order valence-corrected chi connectivity index (χ4v) is 5.16. The summed E-state index contributed by atoms with van der Waals surface area (Å²) >= 11 is 1.26. The minimum Gasteiger partial charge on any atom is -0.497 e. The molecule has 1 aliphatic rings. The number of hydrogen-bond donors (Lipinski definition) is 1. The highest BCUT2D eigenvalue weighted by molar-refractivity contribution is 8.15. The fraction of sp³-hybridized carbons (Fsp3) is 0.267. The number of aliphatic imine (C=N–C) groups is 1. The van der Waals surface area contributed by atoms with E-state index in [0.717, 1.165) is 16.9 Å². The maximum atomic E-state index is 13.3. The van der Waals surface area contributed by atoms with Crippen LogP contribution in [0.3, 0.4) is 0 Å². The number of nitrogens with one attached hydrogen (secondary N) is 1. The molecule has 1 saturated heterocycles. The first kappa shape index (κ1) is 27.9. The maximum absolute atomic E-state index is 13.3. The molecule has 0 unspecified atom stereocenters. The van der Waals surface area contributed by atoms with Gasteiger partial charge in [0.15, 0.2) is 5.17 Å². The van der Waals surface area contributed by atoms with E-state index in [2.05, 4.69) is 5.32 Å². The van der Waals surface area contributed by atoms with Gasteiger partial charge in [-0.1, -0.05) is 36.0 Å². The summed E-state index contributed by atoms with van der Waals surface area (Å²) in [5, 5.41) is 2.73. The molecule has 4 rings (SSSR count). The van der Waals surface area contributed by atoms with Crippen LogP contribution in [0.4, 0.5) is 11.4 Å². The molecular formula is C30H31N3O5S. The minimum atomic E-state index is -0.632. The summed E-state index contributed by atoms with van der Waals surface area (Å²) in [4.78, 5) is 44.8. The first-order chi connectivity index (χ1) is 18.9. The van der Waals surface area contributed by atoms with E-state index >= 15 is 0 Å². The number of amidine groups is 1. The molecule has 0 aliphatic carbocycles. The molecule has 1 fully saturated rings. The van der Waals surface area contributed by atoms with Crippen LogP contribution in [-0.4, -0.2) is 53.4 Å². The van der Waals surface area contributed by atoms with Gasteiger partial charge in [-0.05, 0) is 79.9 Å². The number of esters is 1. The first-order valence-electron chi connectivity index (χ1n) is 12.7. The van der Waals surface area contributed by atoms with Gasteiger partial charge in [-0.25, -0.2) is 9.79 Å². The Morgan fingerprint density at radius 3 is 2.49 bits per heavy atom. The van der Waals surface area contributed by atoms with Crippen molar-refractivity contribution in [3.05, 3.63) is 89.5 Å². The zero-order chi connectivity index (χ0) is 27.8. The number of benzene rings is 3. The van der Waals surface area contributed by atoms with Crippen LogP contribution in [0.25, 0.3) is 0 Å². The molecule has 3 aromatic rings. The largest absolute Gasteiger partial charge is 0.497 e. The van der Waals surface area contributed by atoms with Crippen LogP contribution in [0.1, 0.15) is 34.8 Å². The molecule has 202 valence electrons. The molecule has 1 aliphatic heterocycles. The molecule has 0 spiro atoms. The van der Waals surface area contributed by atoms with Crippen molar-refractivity contribution in [1.82, 2.24) is 4.90 Å². The number of methoxy groups -OCH3 is 1. The van der Waals surface area contributed by atoms with E-state index in [1.807, 2.05) is 55.5 Å². The second-order valence-corrected chi connectivity index (χ2v) is 10.1. The molecule has 9 heteroatoms. The third kappa shape index (κ3) is 7.48. The summed E-state index contributed by atoms with van der Waals surface area (Å²) in [6.45, 7) is 4.40. The zero-order valence-electron chi connectivity index (χ0n) is 22.2. The third-order valence-corrected chi connectivity index (χ3v) is 7.29. The van der Waals surface area contributed by atoms with E-state index in [1.54, 1.807) is 43.2 Å². The molecule has 8 nitrogen and oxygen atoms in total. The van der Waals surface area contributed by atoms with Gasteiger partial charge in [-0.3, -0.25) is 14.5 Å². The predicted octanol–water partition coefficient (Wildman–Crippen LogP) is 5.38. The van der Waals surface area contributed by atoms with E-state index in [0.29, 0.717) is 35.1 Å². The van der Waals surface area contributed by atoms with Gasteiger partial charge in [-0.15, -0.1) is 0 Å². The Balaban J connectivity index is 1.55. The summed E-state index contributed by atoms with van der Waals surface area (Å²) in [5.41, 5.74) is 3.74. The number of carbonyl (C=O) groups is 3. The highest BCUT2D eigenvalue weighted by Gasteiger charge is 2.35. The molecule has 1 heterocycles. The number of nitrogens with zero attached hydrogens (tertiary/aromatic N) is 2. The standard InChI is InChI=1S/C30H31N3O5S/c1-4-38-29(36)22-10-12-23(13-11-22)32-30-33(17-16-21-8-14-25(37-3)15-9-21)27(34)19-26(39-30)28(35)31-24-7-5-6-20(2)18-24/h5-15,18,26H,4,16-17,19H2,1-3H3,(H,31,35)/t26-/m1/s1. The topological polar surface area (TPSA) is 97.3 Å². The lowest BCUT2D eigenvalue weighted by Gasteiger charge is -2.32. The minimum absolute atomic E-state index is 0.0613. The Hall–Kier alpha value is -4.11.